The second-order valence-corrected chi connectivity index (χ2v) is 3.68. The van der Waals surface area contributed by atoms with Crippen LogP contribution in [0.4, 0.5) is 5.69 Å². The van der Waals surface area contributed by atoms with Gasteiger partial charge in [-0.1, -0.05) is 15.9 Å². The number of aromatic nitrogens is 1. The molecule has 1 heterocycles. The molecule has 0 unspecified atom stereocenters. The Labute approximate surface area is 82.7 Å². The number of rotatable bonds is 0. The predicted octanol–water partition coefficient (Wildman–Crippen LogP) is 1.87. The molecule has 0 fully saturated rings. The molecular weight excluding hydrogens is 232 g/mol. The maximum atomic E-state index is 11.5. The summed E-state index contributed by atoms with van der Waals surface area (Å²) in [7, 11) is 0. The number of nitrogens with two attached hydrogens (primary N) is 1. The highest BCUT2D eigenvalue weighted by atomic mass is 79.9. The molecule has 0 spiro atoms. The summed E-state index contributed by atoms with van der Waals surface area (Å²) in [5.74, 6) is 0. The monoisotopic (exact) mass is 238 g/mol. The van der Waals surface area contributed by atoms with Gasteiger partial charge in [0.2, 0.25) is 5.43 Å². The van der Waals surface area contributed by atoms with E-state index in [4.69, 9.17) is 5.73 Å². The predicted molar refractivity (Wildman–Crippen MR) is 56.7 cm³/mol. The summed E-state index contributed by atoms with van der Waals surface area (Å²) in [6.07, 6.45) is 1.51. The Kier molecular flexibility index (Phi) is 1.84. The second-order valence-electron chi connectivity index (χ2n) is 2.76. The van der Waals surface area contributed by atoms with Crippen LogP contribution in [0.3, 0.4) is 0 Å². The average molecular weight is 239 g/mol. The lowest BCUT2D eigenvalue weighted by molar-refractivity contribution is 1.39. The topological polar surface area (TPSA) is 58.9 Å². The number of nitrogens with one attached hydrogen (secondary N) is 1. The van der Waals surface area contributed by atoms with Crippen molar-refractivity contribution in [3.63, 3.8) is 0 Å². The third-order valence-electron chi connectivity index (χ3n) is 1.87. The number of benzene rings is 1. The number of anilines is 1. The van der Waals surface area contributed by atoms with Crippen LogP contribution in [0.15, 0.2) is 33.7 Å². The van der Waals surface area contributed by atoms with Gasteiger partial charge in [-0.3, -0.25) is 4.79 Å². The summed E-state index contributed by atoms with van der Waals surface area (Å²) in [6, 6.07) is 5.46. The first-order valence-electron chi connectivity index (χ1n) is 3.75. The molecule has 0 atom stereocenters. The standard InChI is InChI=1S/C9H7BrN2O/c10-5-1-2-8-6(3-5)9(13)7(11)4-12-8/h1-4H,11H2,(H,12,13). The van der Waals surface area contributed by atoms with E-state index >= 15 is 0 Å². The molecule has 0 saturated heterocycles. The largest absolute Gasteiger partial charge is 0.394 e. The SMILES string of the molecule is Nc1c[nH]c2ccc(Br)cc2c1=O. The zero-order chi connectivity index (χ0) is 9.42. The van der Waals surface area contributed by atoms with Gasteiger partial charge in [0.15, 0.2) is 0 Å². The first-order valence-corrected chi connectivity index (χ1v) is 4.54. The Morgan fingerprint density at radius 3 is 2.92 bits per heavy atom. The van der Waals surface area contributed by atoms with Crippen molar-refractivity contribution >= 4 is 32.5 Å². The minimum Gasteiger partial charge on any atom is -0.394 e. The van der Waals surface area contributed by atoms with E-state index in [2.05, 4.69) is 20.9 Å². The summed E-state index contributed by atoms with van der Waals surface area (Å²) in [4.78, 5) is 14.5. The lowest BCUT2D eigenvalue weighted by Gasteiger charge is -1.99. The van der Waals surface area contributed by atoms with Crippen molar-refractivity contribution in [3.05, 3.63) is 39.1 Å². The highest BCUT2D eigenvalue weighted by Gasteiger charge is 2.01. The zero-order valence-electron chi connectivity index (χ0n) is 6.67. The lowest BCUT2D eigenvalue weighted by atomic mass is 10.2. The Morgan fingerprint density at radius 2 is 2.15 bits per heavy atom. The van der Waals surface area contributed by atoms with Crippen LogP contribution < -0.4 is 11.2 Å². The van der Waals surface area contributed by atoms with Crippen LogP contribution >= 0.6 is 15.9 Å². The van der Waals surface area contributed by atoms with E-state index in [1.165, 1.54) is 6.20 Å². The number of halogens is 1. The van der Waals surface area contributed by atoms with Gasteiger partial charge < -0.3 is 10.7 Å². The van der Waals surface area contributed by atoms with Crippen molar-refractivity contribution in [2.24, 2.45) is 0 Å². The zero-order valence-corrected chi connectivity index (χ0v) is 8.26. The van der Waals surface area contributed by atoms with Crippen molar-refractivity contribution in [3.8, 4) is 0 Å². The fourth-order valence-corrected chi connectivity index (χ4v) is 1.57. The molecule has 0 bridgehead atoms. The van der Waals surface area contributed by atoms with E-state index < -0.39 is 0 Å². The van der Waals surface area contributed by atoms with Crippen LogP contribution in [0, 0.1) is 0 Å². The van der Waals surface area contributed by atoms with E-state index in [-0.39, 0.29) is 11.1 Å². The van der Waals surface area contributed by atoms with E-state index in [1.54, 1.807) is 6.07 Å². The molecule has 0 radical (unpaired) electrons. The Balaban J connectivity index is 2.97. The highest BCUT2D eigenvalue weighted by molar-refractivity contribution is 9.10. The normalized spacial score (nSPS) is 10.5. The maximum absolute atomic E-state index is 11.5. The Bertz CT molecular complexity index is 513. The molecule has 0 aliphatic rings. The van der Waals surface area contributed by atoms with Crippen molar-refractivity contribution in [2.75, 3.05) is 5.73 Å². The first-order chi connectivity index (χ1) is 6.18. The molecular formula is C9H7BrN2O. The Morgan fingerprint density at radius 1 is 1.38 bits per heavy atom. The van der Waals surface area contributed by atoms with Crippen LogP contribution in [-0.2, 0) is 0 Å². The van der Waals surface area contributed by atoms with Gasteiger partial charge >= 0.3 is 0 Å². The van der Waals surface area contributed by atoms with E-state index in [9.17, 15) is 4.79 Å². The summed E-state index contributed by atoms with van der Waals surface area (Å²) in [6.45, 7) is 0. The molecule has 2 rings (SSSR count). The van der Waals surface area contributed by atoms with Gasteiger partial charge in [-0.15, -0.1) is 0 Å². The number of nitrogen functional groups attached to an aromatic ring is 1. The number of fused-ring (bicyclic) bond motifs is 1. The molecule has 66 valence electrons. The van der Waals surface area contributed by atoms with Gasteiger partial charge in [-0.25, -0.2) is 0 Å². The highest BCUT2D eigenvalue weighted by Crippen LogP contribution is 2.15. The minimum absolute atomic E-state index is 0.130. The van der Waals surface area contributed by atoms with Gasteiger partial charge in [0.1, 0.15) is 0 Å². The van der Waals surface area contributed by atoms with Crippen molar-refractivity contribution in [2.45, 2.75) is 0 Å². The van der Waals surface area contributed by atoms with Crippen LogP contribution in [0.5, 0.6) is 0 Å². The Hall–Kier alpha value is -1.29. The van der Waals surface area contributed by atoms with Gasteiger partial charge in [-0.2, -0.15) is 0 Å². The smallest absolute Gasteiger partial charge is 0.212 e. The number of aromatic amines is 1. The fourth-order valence-electron chi connectivity index (χ4n) is 1.21. The summed E-state index contributed by atoms with van der Waals surface area (Å²) in [5.41, 5.74) is 6.38. The quantitative estimate of drug-likeness (QED) is 0.737. The van der Waals surface area contributed by atoms with Gasteiger partial charge in [0.25, 0.3) is 0 Å². The van der Waals surface area contributed by atoms with Crippen LogP contribution in [0.2, 0.25) is 0 Å². The summed E-state index contributed by atoms with van der Waals surface area (Å²) in [5, 5.41) is 0.606. The second kappa shape index (κ2) is 2.88. The third kappa shape index (κ3) is 1.33. The number of pyridine rings is 1. The van der Waals surface area contributed by atoms with Crippen LogP contribution in [0.25, 0.3) is 10.9 Å². The number of hydrogen-bond acceptors (Lipinski definition) is 2. The van der Waals surface area contributed by atoms with Crippen molar-refractivity contribution < 1.29 is 0 Å². The van der Waals surface area contributed by atoms with Crippen LogP contribution in [-0.4, -0.2) is 4.98 Å². The summed E-state index contributed by atoms with van der Waals surface area (Å²) >= 11 is 3.30. The number of H-pyrrole nitrogens is 1. The molecule has 0 aliphatic heterocycles. The van der Waals surface area contributed by atoms with E-state index in [1.807, 2.05) is 12.1 Å². The first kappa shape index (κ1) is 8.31. The van der Waals surface area contributed by atoms with Crippen molar-refractivity contribution in [1.82, 2.24) is 4.98 Å². The van der Waals surface area contributed by atoms with Crippen LogP contribution in [0.1, 0.15) is 0 Å². The van der Waals surface area contributed by atoms with Crippen molar-refractivity contribution in [1.29, 1.82) is 0 Å². The maximum Gasteiger partial charge on any atom is 0.212 e. The third-order valence-corrected chi connectivity index (χ3v) is 2.36. The average Bonchev–Trinajstić information content (AvgIpc) is 2.12. The molecule has 0 saturated carbocycles. The molecule has 0 amide bonds. The minimum atomic E-state index is -0.130. The fraction of sp³-hybridized carbons (Fsp3) is 0. The van der Waals surface area contributed by atoms with Gasteiger partial charge in [0.05, 0.1) is 5.69 Å². The van der Waals surface area contributed by atoms with E-state index in [0.717, 1.165) is 9.99 Å². The lowest BCUT2D eigenvalue weighted by Crippen LogP contribution is -2.08. The molecule has 1 aromatic carbocycles. The molecule has 3 nitrogen and oxygen atoms in total. The molecule has 13 heavy (non-hydrogen) atoms. The van der Waals surface area contributed by atoms with Gasteiger partial charge in [0, 0.05) is 21.6 Å². The molecule has 4 heteroatoms. The van der Waals surface area contributed by atoms with E-state index in [0.29, 0.717) is 5.39 Å². The van der Waals surface area contributed by atoms with Gasteiger partial charge in [-0.05, 0) is 18.2 Å². The molecule has 0 aliphatic carbocycles. The summed E-state index contributed by atoms with van der Waals surface area (Å²) < 4.78 is 0.871. The molecule has 3 N–H and O–H groups in total. The molecule has 2 aromatic rings. The molecule has 1 aromatic heterocycles. The number of hydrogen-bond donors (Lipinski definition) is 2.